The summed E-state index contributed by atoms with van der Waals surface area (Å²) in [5.41, 5.74) is -0.430. The molecule has 0 aliphatic rings. The zero-order chi connectivity index (χ0) is 12.0. The first-order chi connectivity index (χ1) is 5.94. The quantitative estimate of drug-likeness (QED) is 0.382. The molecule has 0 aromatic rings. The summed E-state index contributed by atoms with van der Waals surface area (Å²) in [5, 5.41) is 0. The van der Waals surface area contributed by atoms with Gasteiger partial charge in [-0.3, -0.25) is 0 Å². The van der Waals surface area contributed by atoms with Crippen molar-refractivity contribution in [1.29, 1.82) is 0 Å². The van der Waals surface area contributed by atoms with Crippen molar-refractivity contribution in [3.63, 3.8) is 0 Å². The van der Waals surface area contributed by atoms with Gasteiger partial charge in [-0.25, -0.2) is 9.78 Å². The summed E-state index contributed by atoms with van der Waals surface area (Å²) < 4.78 is 0. The Hall–Kier alpha value is 0.137. The van der Waals surface area contributed by atoms with Crippen LogP contribution in [-0.2, 0) is 9.78 Å². The summed E-state index contributed by atoms with van der Waals surface area (Å²) in [6.45, 7) is 18.7. The topological polar surface area (TPSA) is 18.5 Å². The Bertz CT molecular complexity index is 114. The van der Waals surface area contributed by atoms with Gasteiger partial charge in [0.15, 0.2) is 0 Å². The fourth-order valence-corrected chi connectivity index (χ4v) is 0.250. The molecule has 0 fully saturated rings. The maximum atomic E-state index is 5.09. The van der Waals surface area contributed by atoms with Gasteiger partial charge in [0.1, 0.15) is 0 Å². The maximum absolute atomic E-state index is 5.09. The van der Waals surface area contributed by atoms with Crippen molar-refractivity contribution < 1.29 is 9.78 Å². The second kappa shape index (κ2) is 6.59. The Labute approximate surface area is 91.5 Å². The van der Waals surface area contributed by atoms with Gasteiger partial charge in [-0.15, -0.1) is 0 Å². The molecule has 0 amide bonds. The minimum Gasteiger partial charge on any atom is -0.230 e. The van der Waals surface area contributed by atoms with Crippen molar-refractivity contribution in [2.24, 2.45) is 0 Å². The molecule has 0 aliphatic carbocycles. The van der Waals surface area contributed by atoms with Crippen LogP contribution in [0.2, 0.25) is 19.6 Å². The van der Waals surface area contributed by atoms with Crippen LogP contribution in [0.3, 0.4) is 0 Å². The van der Waals surface area contributed by atoms with Gasteiger partial charge in [-0.05, 0) is 41.5 Å². The van der Waals surface area contributed by atoms with Crippen LogP contribution in [0, 0.1) is 0 Å². The van der Waals surface area contributed by atoms with E-state index in [1.807, 2.05) is 41.5 Å². The molecule has 0 N–H and O–H groups in total. The van der Waals surface area contributed by atoms with Crippen molar-refractivity contribution in [1.82, 2.24) is 0 Å². The lowest BCUT2D eigenvalue weighted by atomic mass is 10.2. The Kier molecular flexibility index (Phi) is 7.80. The van der Waals surface area contributed by atoms with E-state index in [0.29, 0.717) is 0 Å². The van der Waals surface area contributed by atoms with Crippen LogP contribution in [0.1, 0.15) is 41.5 Å². The lowest BCUT2D eigenvalue weighted by molar-refractivity contribution is -0.393. The first-order valence-corrected chi connectivity index (χ1v) is 8.77. The van der Waals surface area contributed by atoms with Crippen molar-refractivity contribution in [2.45, 2.75) is 72.4 Å². The van der Waals surface area contributed by atoms with Crippen LogP contribution in [0.25, 0.3) is 0 Å². The van der Waals surface area contributed by atoms with E-state index in [2.05, 4.69) is 19.6 Å². The molecule has 0 rings (SSSR count). The predicted octanol–water partition coefficient (Wildman–Crippen LogP) is 3.63. The highest BCUT2D eigenvalue weighted by Gasteiger charge is 2.18. The van der Waals surface area contributed by atoms with Gasteiger partial charge in [0.05, 0.1) is 11.2 Å². The van der Waals surface area contributed by atoms with Gasteiger partial charge in [0, 0.05) is 8.80 Å². The molecule has 0 bridgehead atoms. The van der Waals surface area contributed by atoms with E-state index in [0.717, 1.165) is 0 Å². The van der Waals surface area contributed by atoms with Crippen LogP contribution >= 0.6 is 0 Å². The molecule has 0 saturated carbocycles. The summed E-state index contributed by atoms with van der Waals surface area (Å²) in [6.07, 6.45) is 0. The van der Waals surface area contributed by atoms with E-state index >= 15 is 0 Å². The molecule has 0 unspecified atom stereocenters. The van der Waals surface area contributed by atoms with Crippen molar-refractivity contribution in [2.75, 3.05) is 0 Å². The van der Waals surface area contributed by atoms with Crippen LogP contribution in [-0.4, -0.2) is 20.0 Å². The lowest BCUT2D eigenvalue weighted by Gasteiger charge is -2.24. The standard InChI is InChI=1S/C8H18O2.C3H10Si/c1-7(2,3)9-10-8(4,5)6;1-4(2)3/h1-6H3;4H,1-3H3. The van der Waals surface area contributed by atoms with Crippen LogP contribution in [0.15, 0.2) is 0 Å². The van der Waals surface area contributed by atoms with E-state index in [1.165, 1.54) is 0 Å². The predicted molar refractivity (Wildman–Crippen MR) is 66.4 cm³/mol. The average Bonchev–Trinajstić information content (AvgIpc) is 1.79. The van der Waals surface area contributed by atoms with Crippen molar-refractivity contribution in [3.05, 3.63) is 0 Å². The molecule has 0 spiro atoms. The molecule has 0 aromatic carbocycles. The molecule has 0 heterocycles. The monoisotopic (exact) mass is 220 g/mol. The fraction of sp³-hybridized carbons (Fsp3) is 1.00. The van der Waals surface area contributed by atoms with Gasteiger partial charge < -0.3 is 0 Å². The third-order valence-corrected chi connectivity index (χ3v) is 0.542. The highest BCUT2D eigenvalue weighted by atomic mass is 28.3. The minimum absolute atomic E-state index is 0.139. The Morgan fingerprint density at radius 2 is 0.786 bits per heavy atom. The average molecular weight is 220 g/mol. The highest BCUT2D eigenvalue weighted by Crippen LogP contribution is 2.14. The van der Waals surface area contributed by atoms with E-state index in [4.69, 9.17) is 9.78 Å². The van der Waals surface area contributed by atoms with Crippen LogP contribution in [0.4, 0.5) is 0 Å². The zero-order valence-corrected chi connectivity index (χ0v) is 12.5. The second-order valence-corrected chi connectivity index (χ2v) is 9.59. The molecular formula is C11H28O2Si. The minimum atomic E-state index is -0.215. The fourth-order valence-electron chi connectivity index (χ4n) is 0.250. The number of hydrogen-bond donors (Lipinski definition) is 0. The molecular weight excluding hydrogens is 192 g/mol. The van der Waals surface area contributed by atoms with Gasteiger partial charge in [0.2, 0.25) is 0 Å². The van der Waals surface area contributed by atoms with Gasteiger partial charge in [0.25, 0.3) is 0 Å². The molecule has 14 heavy (non-hydrogen) atoms. The molecule has 2 nitrogen and oxygen atoms in total. The number of rotatable bonds is 1. The molecule has 88 valence electrons. The Morgan fingerprint density at radius 3 is 0.857 bits per heavy atom. The van der Waals surface area contributed by atoms with E-state index in [1.54, 1.807) is 0 Å². The molecule has 0 saturated heterocycles. The smallest absolute Gasteiger partial charge is 0.0952 e. The first-order valence-electron chi connectivity index (χ1n) is 5.31. The third kappa shape index (κ3) is 29.6. The van der Waals surface area contributed by atoms with E-state index in [9.17, 15) is 0 Å². The zero-order valence-electron chi connectivity index (χ0n) is 11.4. The lowest BCUT2D eigenvalue weighted by Crippen LogP contribution is -2.27. The second-order valence-electron chi connectivity index (χ2n) is 6.12. The van der Waals surface area contributed by atoms with Crippen molar-refractivity contribution in [3.8, 4) is 0 Å². The summed E-state index contributed by atoms with van der Waals surface area (Å²) in [4.78, 5) is 10.2. The molecule has 0 radical (unpaired) electrons. The number of hydrogen-bond acceptors (Lipinski definition) is 2. The SMILES string of the molecule is CC(C)(C)OOC(C)(C)C.C[SiH](C)C. The van der Waals surface area contributed by atoms with Gasteiger partial charge >= 0.3 is 0 Å². The Balaban J connectivity index is 0. The van der Waals surface area contributed by atoms with E-state index < -0.39 is 0 Å². The van der Waals surface area contributed by atoms with Gasteiger partial charge in [-0.2, -0.15) is 0 Å². The normalized spacial score (nSPS) is 12.4. The first kappa shape index (κ1) is 16.6. The van der Waals surface area contributed by atoms with E-state index in [-0.39, 0.29) is 20.0 Å². The largest absolute Gasteiger partial charge is 0.230 e. The highest BCUT2D eigenvalue weighted by molar-refractivity contribution is 6.54. The molecule has 0 atom stereocenters. The van der Waals surface area contributed by atoms with Crippen LogP contribution in [0.5, 0.6) is 0 Å². The van der Waals surface area contributed by atoms with Crippen LogP contribution < -0.4 is 0 Å². The summed E-state index contributed by atoms with van der Waals surface area (Å²) in [5.74, 6) is 0. The summed E-state index contributed by atoms with van der Waals surface area (Å²) >= 11 is 0. The maximum Gasteiger partial charge on any atom is 0.0952 e. The third-order valence-electron chi connectivity index (χ3n) is 0.542. The summed E-state index contributed by atoms with van der Waals surface area (Å²) in [7, 11) is -0.139. The molecule has 0 aromatic heterocycles. The molecule has 0 aliphatic heterocycles. The summed E-state index contributed by atoms with van der Waals surface area (Å²) in [6, 6.07) is 0. The molecule has 3 heteroatoms. The van der Waals surface area contributed by atoms with Crippen molar-refractivity contribution >= 4 is 8.80 Å². The van der Waals surface area contributed by atoms with Gasteiger partial charge in [-0.1, -0.05) is 19.6 Å². The Morgan fingerprint density at radius 1 is 0.643 bits per heavy atom.